The van der Waals surface area contributed by atoms with Crippen LogP contribution in [0.15, 0.2) is 24.5 Å². The number of aromatic nitrogens is 1. The van der Waals surface area contributed by atoms with Gasteiger partial charge in [0.25, 0.3) is 0 Å². The standard InChI is InChI=1S/C13H17N3O2/c1-9-13(18)16(7-5-12(17)15-9)10(2)11-4-3-6-14-8-11/h3-4,6,8-10H,5,7H2,1-2H3,(H,15,17). The van der Waals surface area contributed by atoms with Crippen molar-refractivity contribution in [1.29, 1.82) is 0 Å². The Labute approximate surface area is 106 Å². The van der Waals surface area contributed by atoms with E-state index in [4.69, 9.17) is 0 Å². The molecule has 2 unspecified atom stereocenters. The van der Waals surface area contributed by atoms with Gasteiger partial charge in [0.05, 0.1) is 6.04 Å². The number of nitrogens with one attached hydrogen (secondary N) is 1. The number of hydrogen-bond donors (Lipinski definition) is 1. The van der Waals surface area contributed by atoms with E-state index in [-0.39, 0.29) is 17.9 Å². The molecule has 1 fully saturated rings. The van der Waals surface area contributed by atoms with Crippen LogP contribution in [0.3, 0.4) is 0 Å². The van der Waals surface area contributed by atoms with Gasteiger partial charge in [0.2, 0.25) is 11.8 Å². The maximum Gasteiger partial charge on any atom is 0.245 e. The van der Waals surface area contributed by atoms with E-state index in [2.05, 4.69) is 10.3 Å². The summed E-state index contributed by atoms with van der Waals surface area (Å²) in [6, 6.07) is 3.26. The molecule has 5 heteroatoms. The Bertz CT molecular complexity index is 447. The second-order valence-electron chi connectivity index (χ2n) is 4.53. The second-order valence-corrected chi connectivity index (χ2v) is 4.53. The van der Waals surface area contributed by atoms with Crippen LogP contribution in [0.2, 0.25) is 0 Å². The van der Waals surface area contributed by atoms with Crippen LogP contribution >= 0.6 is 0 Å². The van der Waals surface area contributed by atoms with E-state index in [1.165, 1.54) is 0 Å². The Morgan fingerprint density at radius 1 is 1.50 bits per heavy atom. The molecule has 1 aromatic heterocycles. The Morgan fingerprint density at radius 3 is 2.94 bits per heavy atom. The topological polar surface area (TPSA) is 62.3 Å². The highest BCUT2D eigenvalue weighted by Gasteiger charge is 2.30. The molecule has 1 aliphatic heterocycles. The van der Waals surface area contributed by atoms with E-state index in [0.717, 1.165) is 5.56 Å². The van der Waals surface area contributed by atoms with Crippen molar-refractivity contribution in [2.75, 3.05) is 6.54 Å². The van der Waals surface area contributed by atoms with Crippen molar-refractivity contribution in [3.8, 4) is 0 Å². The minimum absolute atomic E-state index is 0.0443. The summed E-state index contributed by atoms with van der Waals surface area (Å²) in [6.45, 7) is 4.12. The largest absolute Gasteiger partial charge is 0.345 e. The van der Waals surface area contributed by atoms with Crippen molar-refractivity contribution in [3.63, 3.8) is 0 Å². The number of carbonyl (C=O) groups is 2. The molecule has 18 heavy (non-hydrogen) atoms. The minimum Gasteiger partial charge on any atom is -0.345 e. The van der Waals surface area contributed by atoms with Gasteiger partial charge >= 0.3 is 0 Å². The monoisotopic (exact) mass is 247 g/mol. The summed E-state index contributed by atoms with van der Waals surface area (Å²) in [5, 5.41) is 2.68. The lowest BCUT2D eigenvalue weighted by Crippen LogP contribution is -2.43. The third kappa shape index (κ3) is 2.50. The zero-order valence-electron chi connectivity index (χ0n) is 10.6. The van der Waals surface area contributed by atoms with E-state index in [1.54, 1.807) is 24.2 Å². The summed E-state index contributed by atoms with van der Waals surface area (Å²) in [6.07, 6.45) is 3.80. The first-order chi connectivity index (χ1) is 8.59. The Balaban J connectivity index is 2.21. The van der Waals surface area contributed by atoms with Crippen LogP contribution in [0.4, 0.5) is 0 Å². The van der Waals surface area contributed by atoms with Gasteiger partial charge in [-0.3, -0.25) is 14.6 Å². The predicted molar refractivity (Wildman–Crippen MR) is 66.6 cm³/mol. The van der Waals surface area contributed by atoms with Gasteiger partial charge < -0.3 is 10.2 Å². The lowest BCUT2D eigenvalue weighted by Gasteiger charge is -2.29. The number of nitrogens with zero attached hydrogens (tertiary/aromatic N) is 2. The van der Waals surface area contributed by atoms with Crippen LogP contribution < -0.4 is 5.32 Å². The van der Waals surface area contributed by atoms with Crippen LogP contribution in [0.1, 0.15) is 31.9 Å². The smallest absolute Gasteiger partial charge is 0.245 e. The lowest BCUT2D eigenvalue weighted by molar-refractivity contribution is -0.134. The molecule has 0 saturated carbocycles. The van der Waals surface area contributed by atoms with Crippen molar-refractivity contribution >= 4 is 11.8 Å². The highest BCUT2D eigenvalue weighted by molar-refractivity contribution is 5.89. The highest BCUT2D eigenvalue weighted by Crippen LogP contribution is 2.21. The summed E-state index contributed by atoms with van der Waals surface area (Å²) in [4.78, 5) is 29.4. The van der Waals surface area contributed by atoms with E-state index < -0.39 is 6.04 Å². The van der Waals surface area contributed by atoms with Crippen molar-refractivity contribution in [3.05, 3.63) is 30.1 Å². The normalized spacial score (nSPS) is 22.3. The molecular formula is C13H17N3O2. The molecule has 1 saturated heterocycles. The van der Waals surface area contributed by atoms with Crippen LogP contribution in [0.25, 0.3) is 0 Å². The average molecular weight is 247 g/mol. The molecule has 2 rings (SSSR count). The number of amides is 2. The first kappa shape index (κ1) is 12.5. The summed E-state index contributed by atoms with van der Waals surface area (Å²) in [5.41, 5.74) is 0.979. The van der Waals surface area contributed by atoms with Crippen LogP contribution in [-0.2, 0) is 9.59 Å². The second kappa shape index (κ2) is 5.16. The van der Waals surface area contributed by atoms with E-state index >= 15 is 0 Å². The zero-order valence-corrected chi connectivity index (χ0v) is 10.6. The Kier molecular flexibility index (Phi) is 3.60. The highest BCUT2D eigenvalue weighted by atomic mass is 16.2. The fourth-order valence-corrected chi connectivity index (χ4v) is 2.14. The third-order valence-corrected chi connectivity index (χ3v) is 3.25. The van der Waals surface area contributed by atoms with Gasteiger partial charge in [0, 0.05) is 25.4 Å². The number of hydrogen-bond acceptors (Lipinski definition) is 3. The third-order valence-electron chi connectivity index (χ3n) is 3.25. The fraction of sp³-hybridized carbons (Fsp3) is 0.462. The molecule has 0 aromatic carbocycles. The SMILES string of the molecule is CC1NC(=O)CCN(C(C)c2cccnc2)C1=O. The molecule has 1 N–H and O–H groups in total. The average Bonchev–Trinajstić information content (AvgIpc) is 2.50. The van der Waals surface area contributed by atoms with Gasteiger partial charge in [0.1, 0.15) is 6.04 Å². The van der Waals surface area contributed by atoms with Gasteiger partial charge in [-0.15, -0.1) is 0 Å². The van der Waals surface area contributed by atoms with Crippen molar-refractivity contribution in [2.24, 2.45) is 0 Å². The first-order valence-corrected chi connectivity index (χ1v) is 6.09. The predicted octanol–water partition coefficient (Wildman–Crippen LogP) is 0.880. The molecule has 0 bridgehead atoms. The summed E-state index contributed by atoms with van der Waals surface area (Å²) in [7, 11) is 0. The van der Waals surface area contributed by atoms with Gasteiger partial charge in [-0.05, 0) is 25.5 Å². The van der Waals surface area contributed by atoms with E-state index in [1.807, 2.05) is 19.1 Å². The van der Waals surface area contributed by atoms with E-state index in [0.29, 0.717) is 13.0 Å². The van der Waals surface area contributed by atoms with Crippen molar-refractivity contribution in [1.82, 2.24) is 15.2 Å². The summed E-state index contributed by atoms with van der Waals surface area (Å²) >= 11 is 0. The number of pyridine rings is 1. The van der Waals surface area contributed by atoms with Crippen LogP contribution in [-0.4, -0.2) is 34.3 Å². The number of rotatable bonds is 2. The molecule has 0 spiro atoms. The van der Waals surface area contributed by atoms with Gasteiger partial charge in [-0.25, -0.2) is 0 Å². The molecule has 0 aliphatic carbocycles. The lowest BCUT2D eigenvalue weighted by atomic mass is 10.1. The molecule has 1 aromatic rings. The van der Waals surface area contributed by atoms with Gasteiger partial charge in [-0.2, -0.15) is 0 Å². The molecule has 5 nitrogen and oxygen atoms in total. The zero-order chi connectivity index (χ0) is 13.1. The molecule has 1 aliphatic rings. The first-order valence-electron chi connectivity index (χ1n) is 6.09. The molecule has 0 radical (unpaired) electrons. The Morgan fingerprint density at radius 2 is 2.28 bits per heavy atom. The minimum atomic E-state index is -0.459. The summed E-state index contributed by atoms with van der Waals surface area (Å²) < 4.78 is 0. The quantitative estimate of drug-likeness (QED) is 0.843. The molecule has 2 heterocycles. The summed E-state index contributed by atoms with van der Waals surface area (Å²) in [5.74, 6) is -0.117. The van der Waals surface area contributed by atoms with Crippen LogP contribution in [0.5, 0.6) is 0 Å². The maximum atomic E-state index is 12.2. The van der Waals surface area contributed by atoms with Crippen molar-refractivity contribution < 1.29 is 9.59 Å². The molecular weight excluding hydrogens is 230 g/mol. The van der Waals surface area contributed by atoms with Gasteiger partial charge in [0.15, 0.2) is 0 Å². The van der Waals surface area contributed by atoms with Crippen molar-refractivity contribution in [2.45, 2.75) is 32.4 Å². The molecule has 96 valence electrons. The Hall–Kier alpha value is -1.91. The van der Waals surface area contributed by atoms with Gasteiger partial charge in [-0.1, -0.05) is 6.07 Å². The van der Waals surface area contributed by atoms with Crippen LogP contribution in [0, 0.1) is 0 Å². The fourth-order valence-electron chi connectivity index (χ4n) is 2.14. The van der Waals surface area contributed by atoms with E-state index in [9.17, 15) is 9.59 Å². The maximum absolute atomic E-state index is 12.2. The molecule has 2 amide bonds. The molecule has 2 atom stereocenters. The number of carbonyl (C=O) groups excluding carboxylic acids is 2.